The van der Waals surface area contributed by atoms with Gasteiger partial charge in [0.2, 0.25) is 5.91 Å². The first kappa shape index (κ1) is 23.0. The van der Waals surface area contributed by atoms with E-state index in [1.165, 1.54) is 11.0 Å². The van der Waals surface area contributed by atoms with Gasteiger partial charge in [-0.3, -0.25) is 14.2 Å². The highest BCUT2D eigenvalue weighted by atomic mass is 16.2. The van der Waals surface area contributed by atoms with Crippen LogP contribution >= 0.6 is 0 Å². The molecular weight excluding hydrogens is 418 g/mol. The van der Waals surface area contributed by atoms with Crippen molar-refractivity contribution >= 4 is 17.1 Å². The largest absolute Gasteiger partial charge is 0.352 e. The van der Waals surface area contributed by atoms with E-state index in [1.54, 1.807) is 10.9 Å². The van der Waals surface area contributed by atoms with Crippen molar-refractivity contribution in [2.75, 3.05) is 0 Å². The van der Waals surface area contributed by atoms with Crippen LogP contribution in [0.2, 0.25) is 0 Å². The Morgan fingerprint density at radius 3 is 2.55 bits per heavy atom. The molecule has 0 saturated heterocycles. The summed E-state index contributed by atoms with van der Waals surface area (Å²) in [6.07, 6.45) is 5.88. The molecule has 8 heteroatoms. The van der Waals surface area contributed by atoms with Crippen LogP contribution in [0.4, 0.5) is 0 Å². The van der Waals surface area contributed by atoms with Crippen LogP contribution in [0.3, 0.4) is 0 Å². The predicted molar refractivity (Wildman–Crippen MR) is 128 cm³/mol. The predicted octanol–water partition coefficient (Wildman–Crippen LogP) is 2.76. The Hall–Kier alpha value is -3.16. The lowest BCUT2D eigenvalue weighted by Crippen LogP contribution is -2.47. The van der Waals surface area contributed by atoms with E-state index in [4.69, 9.17) is 0 Å². The Kier molecular flexibility index (Phi) is 6.81. The minimum Gasteiger partial charge on any atom is -0.352 e. The Bertz CT molecular complexity index is 1240. The minimum absolute atomic E-state index is 0.0868. The summed E-state index contributed by atoms with van der Waals surface area (Å²) in [5.41, 5.74) is 0.650. The number of benzene rings is 1. The maximum atomic E-state index is 13.4. The molecule has 176 valence electrons. The van der Waals surface area contributed by atoms with Gasteiger partial charge in [0.25, 0.3) is 5.56 Å². The van der Waals surface area contributed by atoms with Crippen molar-refractivity contribution in [2.45, 2.75) is 72.1 Å². The number of carbonyl (C=O) groups excluding carboxylic acids is 1. The highest BCUT2D eigenvalue weighted by Gasteiger charge is 2.25. The van der Waals surface area contributed by atoms with E-state index in [0.717, 1.165) is 29.4 Å². The number of rotatable bonds is 7. The molecule has 0 aliphatic heterocycles. The van der Waals surface area contributed by atoms with Gasteiger partial charge < -0.3 is 9.88 Å². The van der Waals surface area contributed by atoms with Crippen LogP contribution in [0.1, 0.15) is 52.0 Å². The molecule has 4 rings (SSSR count). The molecule has 0 spiro atoms. The third-order valence-electron chi connectivity index (χ3n) is 6.49. The first-order valence-electron chi connectivity index (χ1n) is 11.9. The molecule has 1 amide bonds. The Labute approximate surface area is 193 Å². The van der Waals surface area contributed by atoms with E-state index in [2.05, 4.69) is 31.1 Å². The second kappa shape index (κ2) is 9.77. The normalized spacial score (nSPS) is 18.7. The molecule has 1 fully saturated rings. The van der Waals surface area contributed by atoms with Crippen molar-refractivity contribution in [1.82, 2.24) is 24.0 Å². The topological polar surface area (TPSA) is 90.9 Å². The van der Waals surface area contributed by atoms with Crippen LogP contribution in [0, 0.1) is 11.8 Å². The number of imidazole rings is 1. The number of hydrogen-bond acceptors (Lipinski definition) is 4. The van der Waals surface area contributed by atoms with Gasteiger partial charge in [-0.15, -0.1) is 0 Å². The average Bonchev–Trinajstić information content (AvgIpc) is 3.19. The molecule has 1 saturated carbocycles. The number of amides is 1. The zero-order chi connectivity index (χ0) is 23.5. The van der Waals surface area contributed by atoms with Gasteiger partial charge in [0, 0.05) is 12.6 Å². The van der Waals surface area contributed by atoms with Crippen molar-refractivity contribution in [3.8, 4) is 0 Å². The summed E-state index contributed by atoms with van der Waals surface area (Å²) >= 11 is 0. The van der Waals surface area contributed by atoms with Crippen molar-refractivity contribution in [3.63, 3.8) is 0 Å². The number of nitrogens with zero attached hydrogens (tertiary/aromatic N) is 4. The molecule has 0 unspecified atom stereocenters. The van der Waals surface area contributed by atoms with Gasteiger partial charge in [0.1, 0.15) is 6.54 Å². The molecule has 1 aliphatic rings. The number of carbonyl (C=O) groups is 1. The number of fused-ring (bicyclic) bond motifs is 1. The number of hydrogen-bond donors (Lipinski definition) is 1. The van der Waals surface area contributed by atoms with E-state index in [9.17, 15) is 14.4 Å². The van der Waals surface area contributed by atoms with Crippen LogP contribution in [0.15, 0.2) is 46.2 Å². The second-order valence-electron chi connectivity index (χ2n) is 9.64. The van der Waals surface area contributed by atoms with Gasteiger partial charge >= 0.3 is 5.69 Å². The third-order valence-corrected chi connectivity index (χ3v) is 6.49. The van der Waals surface area contributed by atoms with Crippen LogP contribution in [0.5, 0.6) is 0 Å². The standard InChI is InChI=1S/C25H33N5O3/c1-17(2)13-28-16-26-23-22(28)24(32)30(15-21(31)27-20-12-8-7-9-18(20)3)25(33)29(23)14-19-10-5-4-6-11-19/h4-6,10-11,16-18,20H,7-9,12-15H2,1-3H3,(H,27,31)/t18-,20-/m1/s1. The fraction of sp³-hybridized carbons (Fsp3) is 0.520. The number of aromatic nitrogens is 4. The van der Waals surface area contributed by atoms with Crippen molar-refractivity contribution in [2.24, 2.45) is 11.8 Å². The first-order chi connectivity index (χ1) is 15.8. The smallest absolute Gasteiger partial charge is 0.333 e. The summed E-state index contributed by atoms with van der Waals surface area (Å²) < 4.78 is 4.35. The monoisotopic (exact) mass is 451 g/mol. The van der Waals surface area contributed by atoms with E-state index in [-0.39, 0.29) is 25.0 Å². The quantitative estimate of drug-likeness (QED) is 0.598. The molecule has 2 heterocycles. The molecule has 2 aromatic heterocycles. The summed E-state index contributed by atoms with van der Waals surface area (Å²) in [5, 5.41) is 3.06. The molecule has 2 atom stereocenters. The highest BCUT2D eigenvalue weighted by molar-refractivity contribution is 5.77. The second-order valence-corrected chi connectivity index (χ2v) is 9.64. The van der Waals surface area contributed by atoms with Gasteiger partial charge in [0.15, 0.2) is 11.2 Å². The zero-order valence-electron chi connectivity index (χ0n) is 19.7. The van der Waals surface area contributed by atoms with Crippen molar-refractivity contribution < 1.29 is 4.79 Å². The van der Waals surface area contributed by atoms with E-state index < -0.39 is 11.2 Å². The molecule has 1 N–H and O–H groups in total. The molecule has 0 bridgehead atoms. The molecule has 3 aromatic rings. The zero-order valence-corrected chi connectivity index (χ0v) is 19.7. The summed E-state index contributed by atoms with van der Waals surface area (Å²) in [6.45, 7) is 6.84. The van der Waals surface area contributed by atoms with Crippen molar-refractivity contribution in [3.05, 3.63) is 63.1 Å². The van der Waals surface area contributed by atoms with Crippen molar-refractivity contribution in [1.29, 1.82) is 0 Å². The van der Waals surface area contributed by atoms with Crippen LogP contribution in [-0.2, 0) is 24.4 Å². The van der Waals surface area contributed by atoms with Gasteiger partial charge in [-0.25, -0.2) is 14.3 Å². The van der Waals surface area contributed by atoms with Gasteiger partial charge in [0.05, 0.1) is 12.9 Å². The number of nitrogens with one attached hydrogen (secondary N) is 1. The van der Waals surface area contributed by atoms with E-state index in [0.29, 0.717) is 29.5 Å². The van der Waals surface area contributed by atoms with Gasteiger partial charge in [-0.05, 0) is 30.2 Å². The fourth-order valence-electron chi connectivity index (χ4n) is 4.75. The minimum atomic E-state index is -0.516. The molecule has 8 nitrogen and oxygen atoms in total. The van der Waals surface area contributed by atoms with E-state index in [1.807, 2.05) is 30.3 Å². The fourth-order valence-corrected chi connectivity index (χ4v) is 4.75. The SMILES string of the molecule is CC(C)Cn1cnc2c1c(=O)n(CC(=O)N[C@@H]1CCCC[C@H]1C)c(=O)n2Cc1ccccc1. The Balaban J connectivity index is 1.75. The van der Waals surface area contributed by atoms with E-state index >= 15 is 0 Å². The molecule has 0 radical (unpaired) electrons. The molecular formula is C25H33N5O3. The Morgan fingerprint density at radius 2 is 1.85 bits per heavy atom. The maximum absolute atomic E-state index is 13.4. The molecule has 1 aromatic carbocycles. The van der Waals surface area contributed by atoms with Gasteiger partial charge in [-0.1, -0.05) is 63.9 Å². The maximum Gasteiger partial charge on any atom is 0.333 e. The van der Waals surface area contributed by atoms with Gasteiger partial charge in [-0.2, -0.15) is 0 Å². The summed E-state index contributed by atoms with van der Waals surface area (Å²) in [7, 11) is 0. The highest BCUT2D eigenvalue weighted by Crippen LogP contribution is 2.23. The summed E-state index contributed by atoms with van der Waals surface area (Å²) in [4.78, 5) is 44.2. The molecule has 1 aliphatic carbocycles. The lowest BCUT2D eigenvalue weighted by molar-refractivity contribution is -0.123. The summed E-state index contributed by atoms with van der Waals surface area (Å²) in [5.74, 6) is 0.387. The van der Waals surface area contributed by atoms with Crippen LogP contribution in [0.25, 0.3) is 11.2 Å². The average molecular weight is 452 g/mol. The lowest BCUT2D eigenvalue weighted by Gasteiger charge is -2.29. The third kappa shape index (κ3) is 4.94. The lowest BCUT2D eigenvalue weighted by atomic mass is 9.86. The van der Waals surface area contributed by atoms with Crippen LogP contribution < -0.4 is 16.6 Å². The van der Waals surface area contributed by atoms with Crippen LogP contribution in [-0.4, -0.2) is 30.6 Å². The Morgan fingerprint density at radius 1 is 1.12 bits per heavy atom. The molecule has 33 heavy (non-hydrogen) atoms. The summed E-state index contributed by atoms with van der Waals surface area (Å²) in [6, 6.07) is 9.67. The first-order valence-corrected chi connectivity index (χ1v) is 11.9.